The summed E-state index contributed by atoms with van der Waals surface area (Å²) in [6.45, 7) is 1.32. The summed E-state index contributed by atoms with van der Waals surface area (Å²) in [5.41, 5.74) is -0.765. The molecule has 1 aromatic heterocycles. The zero-order chi connectivity index (χ0) is 10.9. The quantitative estimate of drug-likeness (QED) is 0.810. The molecule has 1 fully saturated rings. The number of halogens is 1. The molecule has 1 saturated heterocycles. The molecule has 0 unspecified atom stereocenters. The Balaban J connectivity index is 2.00. The Hall–Kier alpha value is -0.910. The fourth-order valence-electron chi connectivity index (χ4n) is 1.67. The molecule has 1 aliphatic rings. The molecule has 0 atom stereocenters. The average Bonchev–Trinajstić information content (AvgIpc) is 2.14. The van der Waals surface area contributed by atoms with Crippen molar-refractivity contribution in [2.45, 2.75) is 5.60 Å². The fraction of sp³-hybridized carbons (Fsp3) is 0.556. The maximum Gasteiger partial charge on any atom is 0.149 e. The normalized spacial score (nSPS) is 18.7. The van der Waals surface area contributed by atoms with Crippen LogP contribution in [0.4, 0.5) is 5.82 Å². The number of methoxy groups -OCH3 is 1. The second kappa shape index (κ2) is 3.92. The van der Waals surface area contributed by atoms with Gasteiger partial charge in [-0.1, -0.05) is 11.6 Å². The monoisotopic (exact) mass is 229 g/mol. The van der Waals surface area contributed by atoms with E-state index < -0.39 is 5.60 Å². The number of β-amino-alcohol motifs (C(OH)–C–C–N with tert-alkyl or cyclic N) is 1. The number of aromatic nitrogens is 2. The number of ether oxygens (including phenoxy) is 1. The number of hydrogen-bond donors (Lipinski definition) is 1. The summed E-state index contributed by atoms with van der Waals surface area (Å²) >= 11 is 5.71. The summed E-state index contributed by atoms with van der Waals surface area (Å²) in [5, 5.41) is 10.2. The summed E-state index contributed by atoms with van der Waals surface area (Å²) in [7, 11) is 1.57. The zero-order valence-electron chi connectivity index (χ0n) is 8.35. The second-order valence-corrected chi connectivity index (χ2v) is 4.10. The van der Waals surface area contributed by atoms with E-state index >= 15 is 0 Å². The summed E-state index contributed by atoms with van der Waals surface area (Å²) in [5.74, 6) is 0.684. The smallest absolute Gasteiger partial charge is 0.149 e. The summed E-state index contributed by atoms with van der Waals surface area (Å²) in [6, 6.07) is 0. The van der Waals surface area contributed by atoms with E-state index in [0.29, 0.717) is 30.7 Å². The first-order valence-electron chi connectivity index (χ1n) is 4.57. The van der Waals surface area contributed by atoms with Gasteiger partial charge >= 0.3 is 0 Å². The number of anilines is 1. The molecule has 5 nitrogen and oxygen atoms in total. The molecule has 0 bridgehead atoms. The van der Waals surface area contributed by atoms with Gasteiger partial charge in [0.05, 0.1) is 32.1 Å². The number of nitrogens with zero attached hydrogens (tertiary/aromatic N) is 3. The standard InChI is InChI=1S/C9H12ClN3O2/c1-15-6-9(14)4-13(5-9)8-3-11-2-7(10)12-8/h2-3,14H,4-6H2,1H3. The molecule has 82 valence electrons. The van der Waals surface area contributed by atoms with E-state index in [-0.39, 0.29) is 0 Å². The molecule has 1 aliphatic heterocycles. The zero-order valence-corrected chi connectivity index (χ0v) is 9.11. The van der Waals surface area contributed by atoms with Crippen molar-refractivity contribution in [2.75, 3.05) is 31.7 Å². The molecule has 1 N–H and O–H groups in total. The largest absolute Gasteiger partial charge is 0.384 e. The Bertz CT molecular complexity index is 355. The molecule has 2 heterocycles. The van der Waals surface area contributed by atoms with Gasteiger partial charge in [0.1, 0.15) is 16.6 Å². The predicted molar refractivity (Wildman–Crippen MR) is 56.1 cm³/mol. The minimum atomic E-state index is -0.765. The Morgan fingerprint density at radius 1 is 1.60 bits per heavy atom. The second-order valence-electron chi connectivity index (χ2n) is 3.71. The van der Waals surface area contributed by atoms with Crippen molar-refractivity contribution in [2.24, 2.45) is 0 Å². The first-order valence-corrected chi connectivity index (χ1v) is 4.95. The highest BCUT2D eigenvalue weighted by Gasteiger charge is 2.42. The predicted octanol–water partition coefficient (Wildman–Crippen LogP) is 0.328. The summed E-state index contributed by atoms with van der Waals surface area (Å²) in [4.78, 5) is 9.93. The number of aliphatic hydroxyl groups is 1. The Morgan fingerprint density at radius 3 is 2.93 bits per heavy atom. The van der Waals surface area contributed by atoms with Crippen molar-refractivity contribution in [3.05, 3.63) is 17.5 Å². The van der Waals surface area contributed by atoms with Crippen LogP contribution in [-0.2, 0) is 4.74 Å². The molecule has 6 heteroatoms. The van der Waals surface area contributed by atoms with Gasteiger partial charge in [-0.15, -0.1) is 0 Å². The third-order valence-electron chi connectivity index (χ3n) is 2.30. The van der Waals surface area contributed by atoms with Crippen LogP contribution in [-0.4, -0.2) is 47.5 Å². The lowest BCUT2D eigenvalue weighted by Gasteiger charge is -2.46. The molecular weight excluding hydrogens is 218 g/mol. The highest BCUT2D eigenvalue weighted by atomic mass is 35.5. The van der Waals surface area contributed by atoms with E-state index in [4.69, 9.17) is 16.3 Å². The van der Waals surface area contributed by atoms with Crippen LogP contribution < -0.4 is 4.90 Å². The van der Waals surface area contributed by atoms with Crippen LogP contribution in [0, 0.1) is 0 Å². The van der Waals surface area contributed by atoms with Gasteiger partial charge in [0, 0.05) is 7.11 Å². The van der Waals surface area contributed by atoms with Crippen LogP contribution in [0.25, 0.3) is 0 Å². The van der Waals surface area contributed by atoms with Crippen molar-refractivity contribution in [1.29, 1.82) is 0 Å². The molecule has 0 aliphatic carbocycles. The first kappa shape index (κ1) is 10.6. The molecule has 0 amide bonds. The lowest BCUT2D eigenvalue weighted by atomic mass is 9.95. The molecule has 1 aromatic rings. The van der Waals surface area contributed by atoms with Gasteiger partial charge in [-0.25, -0.2) is 4.98 Å². The van der Waals surface area contributed by atoms with Crippen LogP contribution in [0.5, 0.6) is 0 Å². The van der Waals surface area contributed by atoms with E-state index in [0.717, 1.165) is 0 Å². The van der Waals surface area contributed by atoms with Gasteiger partial charge in [0.15, 0.2) is 0 Å². The molecule has 0 radical (unpaired) electrons. The number of hydrogen-bond acceptors (Lipinski definition) is 5. The molecule has 15 heavy (non-hydrogen) atoms. The van der Waals surface area contributed by atoms with Gasteiger partial charge in [0.2, 0.25) is 0 Å². The van der Waals surface area contributed by atoms with E-state index in [1.807, 2.05) is 4.90 Å². The average molecular weight is 230 g/mol. The summed E-state index contributed by atoms with van der Waals surface area (Å²) < 4.78 is 4.92. The fourth-order valence-corrected chi connectivity index (χ4v) is 1.81. The van der Waals surface area contributed by atoms with E-state index in [1.165, 1.54) is 6.20 Å². The van der Waals surface area contributed by atoms with Crippen molar-refractivity contribution in [3.63, 3.8) is 0 Å². The van der Waals surface area contributed by atoms with Crippen molar-refractivity contribution < 1.29 is 9.84 Å². The van der Waals surface area contributed by atoms with Crippen LogP contribution in [0.2, 0.25) is 5.15 Å². The highest BCUT2D eigenvalue weighted by Crippen LogP contribution is 2.26. The minimum absolute atomic E-state index is 0.331. The Morgan fingerprint density at radius 2 is 2.33 bits per heavy atom. The van der Waals surface area contributed by atoms with Crippen molar-refractivity contribution in [3.8, 4) is 0 Å². The lowest BCUT2D eigenvalue weighted by Crippen LogP contribution is -2.64. The van der Waals surface area contributed by atoms with Crippen molar-refractivity contribution in [1.82, 2.24) is 9.97 Å². The maximum absolute atomic E-state index is 9.86. The third kappa shape index (κ3) is 2.19. The van der Waals surface area contributed by atoms with Crippen LogP contribution in [0.1, 0.15) is 0 Å². The van der Waals surface area contributed by atoms with E-state index in [9.17, 15) is 5.11 Å². The van der Waals surface area contributed by atoms with Gasteiger partial charge < -0.3 is 14.7 Å². The van der Waals surface area contributed by atoms with Crippen LogP contribution in [0.3, 0.4) is 0 Å². The van der Waals surface area contributed by atoms with Gasteiger partial charge in [-0.3, -0.25) is 4.98 Å². The van der Waals surface area contributed by atoms with Crippen LogP contribution >= 0.6 is 11.6 Å². The topological polar surface area (TPSA) is 58.5 Å². The SMILES string of the molecule is COCC1(O)CN(c2cncc(Cl)n2)C1. The molecule has 0 aromatic carbocycles. The lowest BCUT2D eigenvalue weighted by molar-refractivity contribution is -0.0506. The van der Waals surface area contributed by atoms with Crippen LogP contribution in [0.15, 0.2) is 12.4 Å². The highest BCUT2D eigenvalue weighted by molar-refractivity contribution is 6.29. The Labute approximate surface area is 92.7 Å². The van der Waals surface area contributed by atoms with Crippen molar-refractivity contribution >= 4 is 17.4 Å². The first-order chi connectivity index (χ1) is 7.13. The van der Waals surface area contributed by atoms with E-state index in [1.54, 1.807) is 13.3 Å². The van der Waals surface area contributed by atoms with Gasteiger partial charge in [-0.05, 0) is 0 Å². The van der Waals surface area contributed by atoms with Gasteiger partial charge in [0.25, 0.3) is 0 Å². The number of rotatable bonds is 3. The minimum Gasteiger partial charge on any atom is -0.384 e. The molecule has 0 saturated carbocycles. The maximum atomic E-state index is 9.86. The van der Waals surface area contributed by atoms with E-state index in [2.05, 4.69) is 9.97 Å². The third-order valence-corrected chi connectivity index (χ3v) is 2.48. The summed E-state index contributed by atoms with van der Waals surface area (Å²) in [6.07, 6.45) is 3.10. The Kier molecular flexibility index (Phi) is 2.77. The molecular formula is C9H12ClN3O2. The van der Waals surface area contributed by atoms with Gasteiger partial charge in [-0.2, -0.15) is 0 Å². The molecule has 0 spiro atoms. The molecule has 2 rings (SSSR count).